The normalized spacial score (nSPS) is 24.1. The van der Waals surface area contributed by atoms with Gasteiger partial charge >= 0.3 is 6.03 Å². The van der Waals surface area contributed by atoms with E-state index in [0.29, 0.717) is 51.7 Å². The van der Waals surface area contributed by atoms with Crippen molar-refractivity contribution in [2.24, 2.45) is 10.8 Å². The fourth-order valence-electron chi connectivity index (χ4n) is 7.61. The van der Waals surface area contributed by atoms with Gasteiger partial charge < -0.3 is 30.9 Å². The molecular weight excluding hydrogens is 662 g/mol. The van der Waals surface area contributed by atoms with E-state index < -0.39 is 78.6 Å². The first-order valence-electron chi connectivity index (χ1n) is 18.6. The van der Waals surface area contributed by atoms with Crippen molar-refractivity contribution in [3.05, 3.63) is 0 Å². The number of likely N-dealkylation sites (tertiary alicyclic amines) is 1. The molecule has 50 heavy (non-hydrogen) atoms. The van der Waals surface area contributed by atoms with Crippen molar-refractivity contribution in [1.82, 2.24) is 26.2 Å². The predicted octanol–water partition coefficient (Wildman–Crippen LogP) is 3.15. The van der Waals surface area contributed by atoms with Crippen molar-refractivity contribution in [2.45, 2.75) is 160 Å². The summed E-state index contributed by atoms with van der Waals surface area (Å²) >= 11 is 0. The molecule has 4 rings (SSSR count). The van der Waals surface area contributed by atoms with Crippen molar-refractivity contribution < 1.29 is 37.1 Å². The molecule has 3 unspecified atom stereocenters. The lowest BCUT2D eigenvalue weighted by molar-refractivity contribution is -0.165. The van der Waals surface area contributed by atoms with E-state index in [1.165, 1.54) is 4.90 Å². The van der Waals surface area contributed by atoms with Crippen LogP contribution in [-0.2, 0) is 33.8 Å². The Balaban J connectivity index is 1.49. The smallest absolute Gasteiger partial charge is 0.315 e. The van der Waals surface area contributed by atoms with Crippen LogP contribution in [0, 0.1) is 10.8 Å². The highest BCUT2D eigenvalue weighted by atomic mass is 32.2. The first-order valence-corrected chi connectivity index (χ1v) is 20.2. The summed E-state index contributed by atoms with van der Waals surface area (Å²) in [6, 6.07) is -3.60. The molecule has 0 spiro atoms. The number of sulfone groups is 1. The van der Waals surface area contributed by atoms with E-state index in [-0.39, 0.29) is 18.3 Å². The summed E-state index contributed by atoms with van der Waals surface area (Å²) in [4.78, 5) is 69.0. The summed E-state index contributed by atoms with van der Waals surface area (Å²) in [5.41, 5.74) is -2.36. The summed E-state index contributed by atoms with van der Waals surface area (Å²) in [5, 5.41) is 11.4. The van der Waals surface area contributed by atoms with Crippen LogP contribution in [0.25, 0.3) is 0 Å². The number of amides is 5. The van der Waals surface area contributed by atoms with E-state index in [2.05, 4.69) is 21.3 Å². The molecule has 2 saturated carbocycles. The number of nitrogens with zero attached hydrogens (tertiary/aromatic N) is 1. The number of Topliss-reactive ketones (excluding diaryl/α,β-unsaturated/α-hetero) is 1. The Morgan fingerprint density at radius 2 is 1.54 bits per heavy atom. The quantitative estimate of drug-likeness (QED) is 0.197. The molecule has 4 fully saturated rings. The molecule has 0 aromatic rings. The van der Waals surface area contributed by atoms with Crippen molar-refractivity contribution >= 4 is 39.4 Å². The third-order valence-corrected chi connectivity index (χ3v) is 14.0. The molecule has 2 aliphatic carbocycles. The molecule has 4 N–H and O–H groups in total. The minimum atomic E-state index is -3.62. The maximum atomic E-state index is 14.3. The molecule has 2 aliphatic heterocycles. The monoisotopic (exact) mass is 723 g/mol. The van der Waals surface area contributed by atoms with E-state index in [1.54, 1.807) is 6.92 Å². The van der Waals surface area contributed by atoms with Gasteiger partial charge in [0, 0.05) is 31.2 Å². The molecule has 13 nitrogen and oxygen atoms in total. The number of carbonyl (C=O) groups excluding carboxylic acids is 5. The third kappa shape index (κ3) is 9.37. The number of rotatable bonds is 14. The van der Waals surface area contributed by atoms with E-state index >= 15 is 0 Å². The van der Waals surface area contributed by atoms with Crippen LogP contribution in [0.4, 0.5) is 4.79 Å². The zero-order valence-corrected chi connectivity index (χ0v) is 32.1. The molecule has 0 aromatic heterocycles. The standard InChI is InChI=1S/C36H61N5O8S/c1-8-9-13-25(26(42)29(43)37-24-14-15-24)38-30(44)28-34(5,6)22-41(28)31(45)27(33(2,3)4)39-32(46)40-36(16-11-10-12-17-36)23-50(47,48)35(7)18-20-49-21-19-35/h24-25,27-28H,8-23H2,1-7H3,(H,37,43)(H,38,44)(H2,39,40,46). The minimum Gasteiger partial charge on any atom is -0.381 e. The van der Waals surface area contributed by atoms with E-state index in [9.17, 15) is 32.4 Å². The average molecular weight is 724 g/mol. The van der Waals surface area contributed by atoms with Crippen LogP contribution in [0.3, 0.4) is 0 Å². The molecular formula is C36H61N5O8S. The third-order valence-electron chi connectivity index (χ3n) is 11.1. The number of ketones is 1. The summed E-state index contributed by atoms with van der Waals surface area (Å²) < 4.78 is 32.2. The summed E-state index contributed by atoms with van der Waals surface area (Å²) in [5.74, 6) is -2.55. The van der Waals surface area contributed by atoms with E-state index in [1.807, 2.05) is 41.5 Å². The second kappa shape index (κ2) is 15.5. The highest BCUT2D eigenvalue weighted by Crippen LogP contribution is 2.40. The van der Waals surface area contributed by atoms with Gasteiger partial charge in [-0.05, 0) is 57.3 Å². The number of urea groups is 1. The number of unbranched alkanes of at least 4 members (excludes halogenated alkanes) is 1. The van der Waals surface area contributed by atoms with Crippen LogP contribution < -0.4 is 21.3 Å². The van der Waals surface area contributed by atoms with Gasteiger partial charge in [-0.15, -0.1) is 0 Å². The van der Waals surface area contributed by atoms with Crippen LogP contribution >= 0.6 is 0 Å². The van der Waals surface area contributed by atoms with Crippen LogP contribution in [0.5, 0.6) is 0 Å². The van der Waals surface area contributed by atoms with Crippen molar-refractivity contribution in [1.29, 1.82) is 0 Å². The highest BCUT2D eigenvalue weighted by molar-refractivity contribution is 7.92. The molecule has 284 valence electrons. The van der Waals surface area contributed by atoms with Gasteiger partial charge in [-0.3, -0.25) is 19.2 Å². The Labute approximate surface area is 298 Å². The number of carbonyl (C=O) groups is 5. The first kappa shape index (κ1) is 40.0. The Morgan fingerprint density at radius 3 is 2.08 bits per heavy atom. The van der Waals surface area contributed by atoms with Gasteiger partial charge in [-0.1, -0.05) is 73.6 Å². The lowest BCUT2D eigenvalue weighted by Gasteiger charge is -2.54. The fraction of sp³-hybridized carbons (Fsp3) is 0.861. The van der Waals surface area contributed by atoms with Crippen molar-refractivity contribution in [3.8, 4) is 0 Å². The van der Waals surface area contributed by atoms with E-state index in [0.717, 1.165) is 38.5 Å². The molecule has 2 heterocycles. The Morgan fingerprint density at radius 1 is 0.920 bits per heavy atom. The topological polar surface area (TPSA) is 180 Å². The largest absolute Gasteiger partial charge is 0.381 e. The Bertz CT molecular complexity index is 1390. The van der Waals surface area contributed by atoms with Gasteiger partial charge in [-0.2, -0.15) is 0 Å². The number of hydrogen-bond donors (Lipinski definition) is 4. The highest BCUT2D eigenvalue weighted by Gasteiger charge is 2.55. The summed E-state index contributed by atoms with van der Waals surface area (Å²) in [7, 11) is -3.62. The average Bonchev–Trinajstić information content (AvgIpc) is 3.84. The Hall–Kier alpha value is -2.74. The SMILES string of the molecule is CCCCC(NC(=O)C1N(C(=O)C(NC(=O)NC2(CS(=O)(=O)C3(C)CCOCC3)CCCCC2)C(C)(C)C)CC1(C)C)C(=O)C(=O)NC1CC1. The number of ether oxygens (including phenoxy) is 1. The second-order valence-corrected chi connectivity index (χ2v) is 19.7. The number of hydrogen-bond acceptors (Lipinski definition) is 8. The zero-order valence-electron chi connectivity index (χ0n) is 31.2. The molecule has 3 atom stereocenters. The summed E-state index contributed by atoms with van der Waals surface area (Å²) in [6.07, 6.45) is 7.70. The van der Waals surface area contributed by atoms with Crippen LogP contribution in [0.1, 0.15) is 126 Å². The maximum Gasteiger partial charge on any atom is 0.315 e. The maximum absolute atomic E-state index is 14.3. The second-order valence-electron chi connectivity index (χ2n) is 17.2. The van der Waals surface area contributed by atoms with Crippen LogP contribution in [0.2, 0.25) is 0 Å². The van der Waals surface area contributed by atoms with Gasteiger partial charge in [0.1, 0.15) is 12.1 Å². The van der Waals surface area contributed by atoms with Gasteiger partial charge in [-0.25, -0.2) is 13.2 Å². The zero-order chi connectivity index (χ0) is 37.1. The Kier molecular flexibility index (Phi) is 12.4. The molecule has 2 saturated heterocycles. The summed E-state index contributed by atoms with van der Waals surface area (Å²) in [6.45, 7) is 13.9. The minimum absolute atomic E-state index is 0.000596. The van der Waals surface area contributed by atoms with Gasteiger partial charge in [0.2, 0.25) is 17.6 Å². The molecule has 5 amide bonds. The van der Waals surface area contributed by atoms with E-state index in [4.69, 9.17) is 4.74 Å². The first-order chi connectivity index (χ1) is 23.2. The van der Waals surface area contributed by atoms with Crippen molar-refractivity contribution in [3.63, 3.8) is 0 Å². The number of nitrogens with one attached hydrogen (secondary N) is 4. The van der Waals surface area contributed by atoms with Gasteiger partial charge in [0.05, 0.1) is 22.1 Å². The molecule has 0 radical (unpaired) electrons. The molecule has 0 aromatic carbocycles. The van der Waals surface area contributed by atoms with Crippen LogP contribution in [-0.4, -0.2) is 103 Å². The molecule has 4 aliphatic rings. The van der Waals surface area contributed by atoms with Crippen molar-refractivity contribution in [2.75, 3.05) is 25.5 Å². The van der Waals surface area contributed by atoms with Crippen LogP contribution in [0.15, 0.2) is 0 Å². The van der Waals surface area contributed by atoms with Gasteiger partial charge in [0.15, 0.2) is 9.84 Å². The lowest BCUT2D eigenvalue weighted by Crippen LogP contribution is -2.73. The molecule has 0 bridgehead atoms. The molecule has 14 heteroatoms. The predicted molar refractivity (Wildman–Crippen MR) is 190 cm³/mol. The lowest BCUT2D eigenvalue weighted by atomic mass is 9.72. The van der Waals surface area contributed by atoms with Gasteiger partial charge in [0.25, 0.3) is 5.91 Å². The fourth-order valence-corrected chi connectivity index (χ4v) is 9.83.